The first-order chi connectivity index (χ1) is 13.1. The average molecular weight is 364 g/mol. The molecule has 0 saturated carbocycles. The Bertz CT molecular complexity index is 1050. The van der Waals surface area contributed by atoms with Gasteiger partial charge in [0.2, 0.25) is 0 Å². The van der Waals surface area contributed by atoms with E-state index in [4.69, 9.17) is 0 Å². The summed E-state index contributed by atoms with van der Waals surface area (Å²) < 4.78 is 3.73. The summed E-state index contributed by atoms with van der Waals surface area (Å²) in [6.07, 6.45) is 5.78. The van der Waals surface area contributed by atoms with Crippen LogP contribution in [0.2, 0.25) is 0 Å². The predicted molar refractivity (Wildman–Crippen MR) is 105 cm³/mol. The fourth-order valence-electron chi connectivity index (χ4n) is 4.08. The number of rotatable bonds is 3. The van der Waals surface area contributed by atoms with Gasteiger partial charge in [-0.05, 0) is 25.8 Å². The molecule has 1 unspecified atom stereocenters. The lowest BCUT2D eigenvalue weighted by Gasteiger charge is -2.33. The van der Waals surface area contributed by atoms with Gasteiger partial charge >= 0.3 is 0 Å². The highest BCUT2D eigenvalue weighted by atomic mass is 16.2. The van der Waals surface area contributed by atoms with Crippen molar-refractivity contribution in [3.8, 4) is 0 Å². The van der Waals surface area contributed by atoms with E-state index in [1.54, 1.807) is 11.6 Å². The van der Waals surface area contributed by atoms with Gasteiger partial charge in [-0.3, -0.25) is 9.59 Å². The molecule has 0 spiro atoms. The predicted octanol–water partition coefficient (Wildman–Crippen LogP) is 2.77. The van der Waals surface area contributed by atoms with Gasteiger partial charge in [0.25, 0.3) is 11.5 Å². The molecular formula is C21H24N4O2. The molecule has 1 aromatic carbocycles. The summed E-state index contributed by atoms with van der Waals surface area (Å²) in [5.74, 6) is 1.21. The number of benzene rings is 1. The Kier molecular flexibility index (Phi) is 4.56. The Labute approximate surface area is 158 Å². The first-order valence-corrected chi connectivity index (χ1v) is 9.49. The van der Waals surface area contributed by atoms with Crippen molar-refractivity contribution in [2.24, 2.45) is 7.05 Å². The van der Waals surface area contributed by atoms with Crippen molar-refractivity contribution >= 4 is 16.8 Å². The van der Waals surface area contributed by atoms with Crippen molar-refractivity contribution in [1.82, 2.24) is 19.0 Å². The molecule has 1 aliphatic rings. The average Bonchev–Trinajstić information content (AvgIpc) is 3.19. The zero-order chi connectivity index (χ0) is 19.0. The molecule has 1 atom stereocenters. The minimum atomic E-state index is -0.160. The third-order valence-electron chi connectivity index (χ3n) is 5.55. The van der Waals surface area contributed by atoms with Crippen LogP contribution in [-0.2, 0) is 13.6 Å². The van der Waals surface area contributed by atoms with Gasteiger partial charge in [-0.2, -0.15) is 0 Å². The van der Waals surface area contributed by atoms with Crippen molar-refractivity contribution in [3.05, 3.63) is 64.5 Å². The van der Waals surface area contributed by atoms with E-state index < -0.39 is 0 Å². The summed E-state index contributed by atoms with van der Waals surface area (Å²) >= 11 is 0. The molecule has 27 heavy (non-hydrogen) atoms. The number of para-hydroxylation sites is 1. The van der Waals surface area contributed by atoms with E-state index in [1.807, 2.05) is 41.6 Å². The number of hydrogen-bond donors (Lipinski definition) is 0. The highest BCUT2D eigenvalue weighted by Gasteiger charge is 2.29. The van der Waals surface area contributed by atoms with E-state index in [0.717, 1.165) is 36.1 Å². The zero-order valence-electron chi connectivity index (χ0n) is 15.8. The normalized spacial score (nSPS) is 17.4. The molecule has 6 nitrogen and oxygen atoms in total. The minimum Gasteiger partial charge on any atom is -0.338 e. The fraction of sp³-hybridized carbons (Fsp3) is 0.381. The van der Waals surface area contributed by atoms with Crippen LogP contribution in [0.15, 0.2) is 47.5 Å². The van der Waals surface area contributed by atoms with Gasteiger partial charge in [-0.25, -0.2) is 4.98 Å². The van der Waals surface area contributed by atoms with Gasteiger partial charge in [0, 0.05) is 56.4 Å². The maximum absolute atomic E-state index is 13.3. The molecule has 3 heterocycles. The highest BCUT2D eigenvalue weighted by Crippen LogP contribution is 2.28. The van der Waals surface area contributed by atoms with Crippen LogP contribution in [0, 0.1) is 0 Å². The number of fused-ring (bicyclic) bond motifs is 1. The van der Waals surface area contributed by atoms with Gasteiger partial charge in [0.1, 0.15) is 5.82 Å². The van der Waals surface area contributed by atoms with Gasteiger partial charge < -0.3 is 14.0 Å². The topological polar surface area (TPSA) is 60.1 Å². The summed E-state index contributed by atoms with van der Waals surface area (Å²) in [5.41, 5.74) is 1.11. The van der Waals surface area contributed by atoms with Gasteiger partial charge in [0.15, 0.2) is 0 Å². The SMILES string of the molecule is CCn1ccnc1C1CCCN(C(=O)c2cc(=O)n(C)c3ccccc23)C1. The zero-order valence-corrected chi connectivity index (χ0v) is 15.8. The number of amides is 1. The van der Waals surface area contributed by atoms with Gasteiger partial charge in [0.05, 0.1) is 11.1 Å². The van der Waals surface area contributed by atoms with Crippen molar-refractivity contribution < 1.29 is 4.79 Å². The van der Waals surface area contributed by atoms with E-state index in [2.05, 4.69) is 16.5 Å². The van der Waals surface area contributed by atoms with Crippen LogP contribution >= 0.6 is 0 Å². The maximum Gasteiger partial charge on any atom is 0.254 e. The number of imidazole rings is 1. The fourth-order valence-corrected chi connectivity index (χ4v) is 4.08. The molecule has 4 rings (SSSR count). The molecule has 2 aromatic heterocycles. The van der Waals surface area contributed by atoms with Gasteiger partial charge in [-0.15, -0.1) is 0 Å². The lowest BCUT2D eigenvalue weighted by molar-refractivity contribution is 0.0705. The van der Waals surface area contributed by atoms with E-state index >= 15 is 0 Å². The second-order valence-corrected chi connectivity index (χ2v) is 7.13. The molecule has 1 aliphatic heterocycles. The summed E-state index contributed by atoms with van der Waals surface area (Å²) in [6.45, 7) is 4.33. The molecule has 1 fully saturated rings. The van der Waals surface area contributed by atoms with Crippen LogP contribution < -0.4 is 5.56 Å². The van der Waals surface area contributed by atoms with Crippen molar-refractivity contribution in [2.45, 2.75) is 32.2 Å². The van der Waals surface area contributed by atoms with Crippen LogP contribution in [-0.4, -0.2) is 38.0 Å². The van der Waals surface area contributed by atoms with Crippen molar-refractivity contribution in [2.75, 3.05) is 13.1 Å². The summed E-state index contributed by atoms with van der Waals surface area (Å²) in [5, 5.41) is 0.821. The first kappa shape index (κ1) is 17.5. The quantitative estimate of drug-likeness (QED) is 0.718. The monoisotopic (exact) mass is 364 g/mol. The highest BCUT2D eigenvalue weighted by molar-refractivity contribution is 6.06. The lowest BCUT2D eigenvalue weighted by atomic mass is 9.96. The Balaban J connectivity index is 1.68. The second kappa shape index (κ2) is 7.02. The third-order valence-corrected chi connectivity index (χ3v) is 5.55. The standard InChI is InChI=1S/C21H24N4O2/c1-3-24-12-10-22-20(24)15-7-6-11-25(14-15)21(27)17-13-19(26)23(2)18-9-5-4-8-16(17)18/h4-5,8-10,12-13,15H,3,6-7,11,14H2,1-2H3. The van der Waals surface area contributed by atoms with Crippen LogP contribution in [0.25, 0.3) is 10.9 Å². The van der Waals surface area contributed by atoms with Crippen LogP contribution in [0.1, 0.15) is 41.9 Å². The Hall–Kier alpha value is -2.89. The number of nitrogens with zero attached hydrogens (tertiary/aromatic N) is 4. The smallest absolute Gasteiger partial charge is 0.254 e. The number of likely N-dealkylation sites (tertiary alicyclic amines) is 1. The molecule has 0 aliphatic carbocycles. The van der Waals surface area contributed by atoms with Crippen molar-refractivity contribution in [1.29, 1.82) is 0 Å². The lowest BCUT2D eigenvalue weighted by Crippen LogP contribution is -2.40. The largest absolute Gasteiger partial charge is 0.338 e. The number of carbonyl (C=O) groups is 1. The number of pyridine rings is 1. The minimum absolute atomic E-state index is 0.0665. The van der Waals surface area contributed by atoms with Gasteiger partial charge in [-0.1, -0.05) is 18.2 Å². The van der Waals surface area contributed by atoms with Crippen LogP contribution in [0.4, 0.5) is 0 Å². The molecule has 3 aromatic rings. The van der Waals surface area contributed by atoms with Crippen LogP contribution in [0.3, 0.4) is 0 Å². The molecule has 1 saturated heterocycles. The van der Waals surface area contributed by atoms with Crippen LogP contribution in [0.5, 0.6) is 0 Å². The Morgan fingerprint density at radius 3 is 2.93 bits per heavy atom. The van der Waals surface area contributed by atoms with E-state index in [1.165, 1.54) is 6.07 Å². The molecule has 0 radical (unpaired) electrons. The van der Waals surface area contributed by atoms with E-state index in [0.29, 0.717) is 18.7 Å². The Morgan fingerprint density at radius 2 is 2.11 bits per heavy atom. The molecule has 1 amide bonds. The Morgan fingerprint density at radius 1 is 1.30 bits per heavy atom. The number of aryl methyl sites for hydroxylation is 2. The van der Waals surface area contributed by atoms with E-state index in [9.17, 15) is 9.59 Å². The van der Waals surface area contributed by atoms with Crippen molar-refractivity contribution in [3.63, 3.8) is 0 Å². The first-order valence-electron chi connectivity index (χ1n) is 9.49. The number of piperidine rings is 1. The molecule has 140 valence electrons. The summed E-state index contributed by atoms with van der Waals surface area (Å²) in [6, 6.07) is 9.05. The maximum atomic E-state index is 13.3. The second-order valence-electron chi connectivity index (χ2n) is 7.13. The molecule has 6 heteroatoms. The number of carbonyl (C=O) groups excluding carboxylic acids is 1. The molecule has 0 bridgehead atoms. The molecule has 0 N–H and O–H groups in total. The van der Waals surface area contributed by atoms with E-state index in [-0.39, 0.29) is 17.4 Å². The summed E-state index contributed by atoms with van der Waals surface area (Å²) in [7, 11) is 1.74. The third kappa shape index (κ3) is 3.05. The molecular weight excluding hydrogens is 340 g/mol. The summed E-state index contributed by atoms with van der Waals surface area (Å²) in [4.78, 5) is 32.1. The number of hydrogen-bond acceptors (Lipinski definition) is 3. The number of aromatic nitrogens is 3.